The third-order valence-electron chi connectivity index (χ3n) is 3.04. The second-order valence-electron chi connectivity index (χ2n) is 4.30. The van der Waals surface area contributed by atoms with Crippen molar-refractivity contribution in [2.24, 2.45) is 0 Å². The number of hydrogen-bond acceptors (Lipinski definition) is 1. The first-order chi connectivity index (χ1) is 7.92. The van der Waals surface area contributed by atoms with E-state index in [1.165, 1.54) is 43.1 Å². The van der Waals surface area contributed by atoms with Gasteiger partial charge in [0.05, 0.1) is 5.52 Å². The van der Waals surface area contributed by atoms with Crippen molar-refractivity contribution in [1.82, 2.24) is 4.98 Å². The molecule has 2 aromatic rings. The van der Waals surface area contributed by atoms with E-state index >= 15 is 0 Å². The molecule has 0 spiro atoms. The zero-order chi connectivity index (χ0) is 11.2. The lowest BCUT2D eigenvalue weighted by Crippen LogP contribution is -1.89. The Hall–Kier alpha value is -1.37. The van der Waals surface area contributed by atoms with Crippen LogP contribution >= 0.6 is 0 Å². The second kappa shape index (κ2) is 5.64. The summed E-state index contributed by atoms with van der Waals surface area (Å²) in [5.74, 6) is 0. The van der Waals surface area contributed by atoms with Crippen LogP contribution in [0.1, 0.15) is 38.2 Å². The normalized spacial score (nSPS) is 10.8. The molecule has 0 unspecified atom stereocenters. The van der Waals surface area contributed by atoms with Crippen molar-refractivity contribution in [2.45, 2.75) is 39.0 Å². The van der Waals surface area contributed by atoms with Crippen LogP contribution in [0.25, 0.3) is 10.9 Å². The Balaban J connectivity index is 2.11. The summed E-state index contributed by atoms with van der Waals surface area (Å²) in [5.41, 5.74) is 2.57. The molecule has 0 bridgehead atoms. The summed E-state index contributed by atoms with van der Waals surface area (Å²) in [7, 11) is 0. The number of rotatable bonds is 5. The summed E-state index contributed by atoms with van der Waals surface area (Å²) in [6.07, 6.45) is 8.40. The molecule has 0 aliphatic carbocycles. The molecule has 84 valence electrons. The van der Waals surface area contributed by atoms with Crippen LogP contribution < -0.4 is 0 Å². The molecule has 0 N–H and O–H groups in total. The largest absolute Gasteiger partial charge is 0.256 e. The molecule has 1 heteroatoms. The average molecular weight is 213 g/mol. The van der Waals surface area contributed by atoms with E-state index in [4.69, 9.17) is 0 Å². The van der Waals surface area contributed by atoms with Crippen LogP contribution in [0.5, 0.6) is 0 Å². The highest BCUT2D eigenvalue weighted by Crippen LogP contribution is 2.18. The Kier molecular flexibility index (Phi) is 3.92. The summed E-state index contributed by atoms with van der Waals surface area (Å²) in [6.45, 7) is 2.25. The minimum absolute atomic E-state index is 1.12. The SMILES string of the molecule is CCCCCCc1ccnc2ccccc12. The molecule has 2 rings (SSSR count). The molecule has 0 atom stereocenters. The predicted molar refractivity (Wildman–Crippen MR) is 69.6 cm³/mol. The number of hydrogen-bond donors (Lipinski definition) is 0. The highest BCUT2D eigenvalue weighted by Gasteiger charge is 2.00. The number of nitrogens with zero attached hydrogens (tertiary/aromatic N) is 1. The number of benzene rings is 1. The summed E-state index contributed by atoms with van der Waals surface area (Å²) in [6, 6.07) is 10.6. The topological polar surface area (TPSA) is 12.9 Å². The first kappa shape index (κ1) is 11.1. The standard InChI is InChI=1S/C15H19N/c1-2-3-4-5-8-13-11-12-16-15-10-7-6-9-14(13)15/h6-7,9-12H,2-5,8H2,1H3. The fraction of sp³-hybridized carbons (Fsp3) is 0.400. The zero-order valence-electron chi connectivity index (χ0n) is 9.95. The van der Waals surface area contributed by atoms with Crippen molar-refractivity contribution in [3.05, 3.63) is 42.1 Å². The van der Waals surface area contributed by atoms with Gasteiger partial charge in [-0.05, 0) is 30.5 Å². The van der Waals surface area contributed by atoms with Crippen LogP contribution in [0.3, 0.4) is 0 Å². The number of aromatic nitrogens is 1. The fourth-order valence-corrected chi connectivity index (χ4v) is 2.12. The van der Waals surface area contributed by atoms with Crippen molar-refractivity contribution in [1.29, 1.82) is 0 Å². The maximum Gasteiger partial charge on any atom is 0.0704 e. The number of unbranched alkanes of at least 4 members (excludes halogenated alkanes) is 3. The van der Waals surface area contributed by atoms with Gasteiger partial charge in [-0.1, -0.05) is 44.4 Å². The first-order valence-corrected chi connectivity index (χ1v) is 6.24. The molecule has 16 heavy (non-hydrogen) atoms. The van der Waals surface area contributed by atoms with Crippen LogP contribution in [0.2, 0.25) is 0 Å². The van der Waals surface area contributed by atoms with E-state index in [2.05, 4.69) is 42.2 Å². The van der Waals surface area contributed by atoms with Gasteiger partial charge in [0.15, 0.2) is 0 Å². The fourth-order valence-electron chi connectivity index (χ4n) is 2.12. The van der Waals surface area contributed by atoms with Crippen molar-refractivity contribution >= 4 is 10.9 Å². The van der Waals surface area contributed by atoms with Gasteiger partial charge in [-0.25, -0.2) is 0 Å². The monoisotopic (exact) mass is 213 g/mol. The predicted octanol–water partition coefficient (Wildman–Crippen LogP) is 4.36. The molecule has 0 amide bonds. The van der Waals surface area contributed by atoms with Gasteiger partial charge in [-0.15, -0.1) is 0 Å². The Morgan fingerprint density at radius 3 is 2.75 bits per heavy atom. The first-order valence-electron chi connectivity index (χ1n) is 6.24. The maximum absolute atomic E-state index is 4.39. The number of aryl methyl sites for hydroxylation is 1. The van der Waals surface area contributed by atoms with E-state index in [1.54, 1.807) is 0 Å². The second-order valence-corrected chi connectivity index (χ2v) is 4.30. The van der Waals surface area contributed by atoms with Gasteiger partial charge in [0.25, 0.3) is 0 Å². The third-order valence-corrected chi connectivity index (χ3v) is 3.04. The van der Waals surface area contributed by atoms with Crippen LogP contribution in [0, 0.1) is 0 Å². The van der Waals surface area contributed by atoms with Crippen LogP contribution in [-0.4, -0.2) is 4.98 Å². The number of para-hydroxylation sites is 1. The zero-order valence-corrected chi connectivity index (χ0v) is 9.95. The van der Waals surface area contributed by atoms with Gasteiger partial charge >= 0.3 is 0 Å². The Bertz CT molecular complexity index is 443. The molecule has 0 aliphatic rings. The quantitative estimate of drug-likeness (QED) is 0.672. The molecule has 0 saturated carbocycles. The maximum atomic E-state index is 4.39. The van der Waals surface area contributed by atoms with Crippen molar-refractivity contribution < 1.29 is 0 Å². The van der Waals surface area contributed by atoms with E-state index < -0.39 is 0 Å². The third kappa shape index (κ3) is 2.60. The molecule has 1 aromatic heterocycles. The van der Waals surface area contributed by atoms with Crippen LogP contribution in [0.15, 0.2) is 36.5 Å². The number of fused-ring (bicyclic) bond motifs is 1. The lowest BCUT2D eigenvalue weighted by molar-refractivity contribution is 0.668. The van der Waals surface area contributed by atoms with Crippen LogP contribution in [-0.2, 0) is 6.42 Å². The Morgan fingerprint density at radius 2 is 1.88 bits per heavy atom. The Morgan fingerprint density at radius 1 is 1.00 bits per heavy atom. The molecular weight excluding hydrogens is 194 g/mol. The summed E-state index contributed by atoms with van der Waals surface area (Å²) in [5, 5.41) is 1.32. The molecular formula is C15H19N. The minimum atomic E-state index is 1.12. The van der Waals surface area contributed by atoms with Crippen molar-refractivity contribution in [3.63, 3.8) is 0 Å². The molecule has 1 aromatic carbocycles. The van der Waals surface area contributed by atoms with Gasteiger partial charge < -0.3 is 0 Å². The summed E-state index contributed by atoms with van der Waals surface area (Å²) >= 11 is 0. The van der Waals surface area contributed by atoms with Gasteiger partial charge in [0.1, 0.15) is 0 Å². The van der Waals surface area contributed by atoms with E-state index in [0.29, 0.717) is 0 Å². The molecule has 0 aliphatic heterocycles. The van der Waals surface area contributed by atoms with Crippen molar-refractivity contribution in [3.8, 4) is 0 Å². The molecule has 1 nitrogen and oxygen atoms in total. The van der Waals surface area contributed by atoms with E-state index in [9.17, 15) is 0 Å². The van der Waals surface area contributed by atoms with Gasteiger partial charge in [0, 0.05) is 11.6 Å². The van der Waals surface area contributed by atoms with E-state index in [1.807, 2.05) is 6.20 Å². The number of pyridine rings is 1. The lowest BCUT2D eigenvalue weighted by Gasteiger charge is -2.05. The molecule has 0 fully saturated rings. The molecule has 1 heterocycles. The van der Waals surface area contributed by atoms with Gasteiger partial charge in [-0.3, -0.25) is 4.98 Å². The van der Waals surface area contributed by atoms with Crippen LogP contribution in [0.4, 0.5) is 0 Å². The highest BCUT2D eigenvalue weighted by molar-refractivity contribution is 5.81. The van der Waals surface area contributed by atoms with Gasteiger partial charge in [0.2, 0.25) is 0 Å². The summed E-state index contributed by atoms with van der Waals surface area (Å²) in [4.78, 5) is 4.39. The van der Waals surface area contributed by atoms with E-state index in [0.717, 1.165) is 5.52 Å². The highest BCUT2D eigenvalue weighted by atomic mass is 14.6. The van der Waals surface area contributed by atoms with Crippen molar-refractivity contribution in [2.75, 3.05) is 0 Å². The molecule has 0 radical (unpaired) electrons. The minimum Gasteiger partial charge on any atom is -0.256 e. The lowest BCUT2D eigenvalue weighted by atomic mass is 10.0. The molecule has 0 saturated heterocycles. The van der Waals surface area contributed by atoms with E-state index in [-0.39, 0.29) is 0 Å². The summed E-state index contributed by atoms with van der Waals surface area (Å²) < 4.78 is 0. The van der Waals surface area contributed by atoms with Gasteiger partial charge in [-0.2, -0.15) is 0 Å². The smallest absolute Gasteiger partial charge is 0.0704 e. The Labute approximate surface area is 97.5 Å². The average Bonchev–Trinajstić information content (AvgIpc) is 2.35.